The second-order valence-corrected chi connectivity index (χ2v) is 3.78. The van der Waals surface area contributed by atoms with E-state index >= 15 is 0 Å². The number of benzene rings is 1. The van der Waals surface area contributed by atoms with Crippen molar-refractivity contribution in [2.45, 2.75) is 18.9 Å². The zero-order valence-corrected chi connectivity index (χ0v) is 7.92. The molecule has 13 heavy (non-hydrogen) atoms. The molecule has 68 valence electrons. The molecule has 0 spiro atoms. The van der Waals surface area contributed by atoms with Crippen LogP contribution in [0.5, 0.6) is 0 Å². The summed E-state index contributed by atoms with van der Waals surface area (Å²) in [5, 5.41) is 0. The van der Waals surface area contributed by atoms with Gasteiger partial charge in [0.25, 0.3) is 0 Å². The fourth-order valence-corrected chi connectivity index (χ4v) is 1.69. The Balaban J connectivity index is 2.21. The standard InChI is InChI=1S/C12H14O/c1-10(2)8-12(9-13-12)11-6-4-3-5-7-11/h3-7H,1,8-9H2,2H3/t12-/m0/s1. The van der Waals surface area contributed by atoms with Gasteiger partial charge in [-0.3, -0.25) is 0 Å². The van der Waals surface area contributed by atoms with E-state index in [1.54, 1.807) is 0 Å². The maximum atomic E-state index is 5.53. The van der Waals surface area contributed by atoms with Crippen LogP contribution in [-0.2, 0) is 10.3 Å². The molecule has 1 atom stereocenters. The van der Waals surface area contributed by atoms with Gasteiger partial charge in [-0.2, -0.15) is 0 Å². The molecular formula is C12H14O. The first-order chi connectivity index (χ1) is 6.23. The topological polar surface area (TPSA) is 12.5 Å². The molecule has 1 aliphatic rings. The highest BCUT2D eigenvalue weighted by atomic mass is 16.6. The summed E-state index contributed by atoms with van der Waals surface area (Å²) in [7, 11) is 0. The molecule has 1 aliphatic heterocycles. The van der Waals surface area contributed by atoms with Gasteiger partial charge in [-0.05, 0) is 12.5 Å². The third-order valence-corrected chi connectivity index (χ3v) is 2.38. The molecule has 1 saturated heterocycles. The highest BCUT2D eigenvalue weighted by molar-refractivity contribution is 5.28. The molecule has 2 rings (SSSR count). The summed E-state index contributed by atoms with van der Waals surface area (Å²) >= 11 is 0. The van der Waals surface area contributed by atoms with Gasteiger partial charge in [-0.15, -0.1) is 6.58 Å². The van der Waals surface area contributed by atoms with Crippen LogP contribution in [0.2, 0.25) is 0 Å². The number of hydrogen-bond acceptors (Lipinski definition) is 1. The molecular weight excluding hydrogens is 160 g/mol. The molecule has 0 N–H and O–H groups in total. The van der Waals surface area contributed by atoms with E-state index in [0.29, 0.717) is 0 Å². The van der Waals surface area contributed by atoms with Crippen molar-refractivity contribution in [1.82, 2.24) is 0 Å². The van der Waals surface area contributed by atoms with Crippen molar-refractivity contribution in [1.29, 1.82) is 0 Å². The van der Waals surface area contributed by atoms with Crippen molar-refractivity contribution in [2.24, 2.45) is 0 Å². The van der Waals surface area contributed by atoms with Crippen LogP contribution in [0.3, 0.4) is 0 Å². The quantitative estimate of drug-likeness (QED) is 0.507. The van der Waals surface area contributed by atoms with Crippen molar-refractivity contribution in [3.8, 4) is 0 Å². The van der Waals surface area contributed by atoms with Crippen LogP contribution >= 0.6 is 0 Å². The zero-order chi connectivity index (χ0) is 9.31. The number of hydrogen-bond donors (Lipinski definition) is 0. The second kappa shape index (κ2) is 3.00. The predicted molar refractivity (Wildman–Crippen MR) is 53.5 cm³/mol. The highest BCUT2D eigenvalue weighted by Gasteiger charge is 2.45. The third kappa shape index (κ3) is 1.65. The van der Waals surface area contributed by atoms with Gasteiger partial charge in [-0.1, -0.05) is 35.9 Å². The normalized spacial score (nSPS) is 25.6. The molecule has 0 amide bonds. The minimum Gasteiger partial charge on any atom is -0.364 e. The Morgan fingerprint density at radius 3 is 2.54 bits per heavy atom. The summed E-state index contributed by atoms with van der Waals surface area (Å²) in [4.78, 5) is 0. The summed E-state index contributed by atoms with van der Waals surface area (Å²) in [5.74, 6) is 0. The number of rotatable bonds is 3. The molecule has 1 aromatic carbocycles. The van der Waals surface area contributed by atoms with Gasteiger partial charge in [0.1, 0.15) is 5.60 Å². The minimum atomic E-state index is -0.0346. The van der Waals surface area contributed by atoms with Gasteiger partial charge in [0.05, 0.1) is 6.61 Å². The van der Waals surface area contributed by atoms with Gasteiger partial charge in [0, 0.05) is 6.42 Å². The fourth-order valence-electron chi connectivity index (χ4n) is 1.69. The van der Waals surface area contributed by atoms with E-state index in [9.17, 15) is 0 Å². The SMILES string of the molecule is C=C(C)C[C@@]1(c2ccccc2)CO1. The highest BCUT2D eigenvalue weighted by Crippen LogP contribution is 2.43. The molecule has 0 aliphatic carbocycles. The van der Waals surface area contributed by atoms with Crippen LogP contribution in [-0.4, -0.2) is 6.61 Å². The van der Waals surface area contributed by atoms with Crippen LogP contribution in [0.1, 0.15) is 18.9 Å². The van der Waals surface area contributed by atoms with E-state index in [1.807, 2.05) is 13.0 Å². The van der Waals surface area contributed by atoms with Crippen molar-refractivity contribution in [2.75, 3.05) is 6.61 Å². The first-order valence-corrected chi connectivity index (χ1v) is 4.57. The van der Waals surface area contributed by atoms with Gasteiger partial charge >= 0.3 is 0 Å². The van der Waals surface area contributed by atoms with Crippen LogP contribution in [0.15, 0.2) is 42.5 Å². The maximum Gasteiger partial charge on any atom is 0.120 e. The molecule has 0 radical (unpaired) electrons. The van der Waals surface area contributed by atoms with Crippen LogP contribution < -0.4 is 0 Å². The molecule has 1 fully saturated rings. The van der Waals surface area contributed by atoms with Gasteiger partial charge < -0.3 is 4.74 Å². The monoisotopic (exact) mass is 174 g/mol. The average Bonchev–Trinajstić information content (AvgIpc) is 2.86. The van der Waals surface area contributed by atoms with E-state index in [-0.39, 0.29) is 5.60 Å². The fraction of sp³-hybridized carbons (Fsp3) is 0.333. The lowest BCUT2D eigenvalue weighted by molar-refractivity contribution is 0.306. The third-order valence-electron chi connectivity index (χ3n) is 2.38. The lowest BCUT2D eigenvalue weighted by Crippen LogP contribution is -2.08. The molecule has 0 aromatic heterocycles. The largest absolute Gasteiger partial charge is 0.364 e. The molecule has 0 bridgehead atoms. The van der Waals surface area contributed by atoms with E-state index in [4.69, 9.17) is 4.74 Å². The Labute approximate surface area is 79.0 Å². The van der Waals surface area contributed by atoms with E-state index in [0.717, 1.165) is 13.0 Å². The zero-order valence-electron chi connectivity index (χ0n) is 7.92. The molecule has 0 saturated carbocycles. The lowest BCUT2D eigenvalue weighted by atomic mass is 9.94. The Morgan fingerprint density at radius 2 is 2.08 bits per heavy atom. The Kier molecular flexibility index (Phi) is 1.97. The van der Waals surface area contributed by atoms with Gasteiger partial charge in [0.15, 0.2) is 0 Å². The first kappa shape index (κ1) is 8.52. The predicted octanol–water partition coefficient (Wildman–Crippen LogP) is 2.88. The maximum absolute atomic E-state index is 5.53. The first-order valence-electron chi connectivity index (χ1n) is 4.57. The molecule has 1 heteroatoms. The van der Waals surface area contributed by atoms with Gasteiger partial charge in [0.2, 0.25) is 0 Å². The minimum absolute atomic E-state index is 0.0346. The van der Waals surface area contributed by atoms with Crippen molar-refractivity contribution in [3.63, 3.8) is 0 Å². The summed E-state index contributed by atoms with van der Waals surface area (Å²) in [6.45, 7) is 6.81. The van der Waals surface area contributed by atoms with E-state index in [1.165, 1.54) is 11.1 Å². The van der Waals surface area contributed by atoms with Gasteiger partial charge in [-0.25, -0.2) is 0 Å². The smallest absolute Gasteiger partial charge is 0.120 e. The molecule has 1 heterocycles. The average molecular weight is 174 g/mol. The summed E-state index contributed by atoms with van der Waals surface area (Å²) in [6.07, 6.45) is 0.941. The van der Waals surface area contributed by atoms with Crippen LogP contribution in [0, 0.1) is 0 Å². The Hall–Kier alpha value is -1.08. The summed E-state index contributed by atoms with van der Waals surface area (Å²) in [6, 6.07) is 10.4. The molecule has 1 aromatic rings. The summed E-state index contributed by atoms with van der Waals surface area (Å²) in [5.41, 5.74) is 2.42. The van der Waals surface area contributed by atoms with E-state index in [2.05, 4.69) is 30.8 Å². The molecule has 1 nitrogen and oxygen atoms in total. The van der Waals surface area contributed by atoms with Crippen LogP contribution in [0.4, 0.5) is 0 Å². The van der Waals surface area contributed by atoms with Crippen molar-refractivity contribution < 1.29 is 4.74 Å². The number of ether oxygens (including phenoxy) is 1. The second-order valence-electron chi connectivity index (χ2n) is 3.78. The summed E-state index contributed by atoms with van der Waals surface area (Å²) < 4.78 is 5.53. The Bertz CT molecular complexity index is 309. The van der Waals surface area contributed by atoms with Crippen molar-refractivity contribution in [3.05, 3.63) is 48.0 Å². The number of epoxide rings is 1. The van der Waals surface area contributed by atoms with Crippen LogP contribution in [0.25, 0.3) is 0 Å². The molecule has 0 unspecified atom stereocenters. The van der Waals surface area contributed by atoms with Crippen molar-refractivity contribution >= 4 is 0 Å². The lowest BCUT2D eigenvalue weighted by Gasteiger charge is -2.11. The van der Waals surface area contributed by atoms with E-state index < -0.39 is 0 Å². The Morgan fingerprint density at radius 1 is 1.46 bits per heavy atom.